The van der Waals surface area contributed by atoms with Gasteiger partial charge >= 0.3 is 5.97 Å². The lowest BCUT2D eigenvalue weighted by Crippen LogP contribution is -2.41. The van der Waals surface area contributed by atoms with Crippen molar-refractivity contribution in [3.8, 4) is 0 Å². The fourth-order valence-corrected chi connectivity index (χ4v) is 2.47. The van der Waals surface area contributed by atoms with Gasteiger partial charge in [0, 0.05) is 5.69 Å². The largest absolute Gasteiger partial charge is 0.462 e. The molecule has 0 unspecified atom stereocenters. The summed E-state index contributed by atoms with van der Waals surface area (Å²) in [6.07, 6.45) is 0. The van der Waals surface area contributed by atoms with Crippen molar-refractivity contribution >= 4 is 29.2 Å². The zero-order chi connectivity index (χ0) is 20.9. The first-order valence-corrected chi connectivity index (χ1v) is 9.13. The topological polar surface area (TPSA) is 84.5 Å². The number of amides is 2. The molecule has 0 heterocycles. The molecule has 0 saturated heterocycles. The summed E-state index contributed by atoms with van der Waals surface area (Å²) in [5, 5.41) is 5.46. The van der Waals surface area contributed by atoms with Crippen LogP contribution in [-0.2, 0) is 14.3 Å². The summed E-state index contributed by atoms with van der Waals surface area (Å²) in [4.78, 5) is 37.6. The van der Waals surface area contributed by atoms with Crippen LogP contribution in [0, 0.1) is 19.3 Å². The Kier molecular flexibility index (Phi) is 6.57. The van der Waals surface area contributed by atoms with Gasteiger partial charge in [-0.05, 0) is 70.0 Å². The molecule has 0 aromatic heterocycles. The van der Waals surface area contributed by atoms with Crippen molar-refractivity contribution in [3.05, 3.63) is 59.2 Å². The van der Waals surface area contributed by atoms with Gasteiger partial charge in [-0.15, -0.1) is 0 Å². The molecule has 2 N–H and O–H groups in total. The third-order valence-corrected chi connectivity index (χ3v) is 4.57. The lowest BCUT2D eigenvalue weighted by atomic mass is 9.90. The van der Waals surface area contributed by atoms with Crippen LogP contribution in [-0.4, -0.2) is 24.4 Å². The maximum atomic E-state index is 12.8. The first-order chi connectivity index (χ1) is 13.2. The number of carbonyl (C=O) groups excluding carboxylic acids is 3. The Bertz CT molecular complexity index is 903. The normalized spacial score (nSPS) is 10.9. The van der Waals surface area contributed by atoms with Gasteiger partial charge in [-0.3, -0.25) is 9.59 Å². The first kappa shape index (κ1) is 21.2. The number of benzene rings is 2. The number of nitrogens with one attached hydrogen (secondary N) is 2. The summed E-state index contributed by atoms with van der Waals surface area (Å²) in [6, 6.07) is 12.1. The van der Waals surface area contributed by atoms with Crippen LogP contribution in [0.15, 0.2) is 42.5 Å². The lowest BCUT2D eigenvalue weighted by molar-refractivity contribution is -0.135. The van der Waals surface area contributed by atoms with Crippen LogP contribution < -0.4 is 10.6 Å². The summed E-state index contributed by atoms with van der Waals surface area (Å²) in [5.74, 6) is -1.50. The number of hydrogen-bond acceptors (Lipinski definition) is 4. The van der Waals surface area contributed by atoms with E-state index in [2.05, 4.69) is 10.6 Å². The van der Waals surface area contributed by atoms with Gasteiger partial charge in [-0.25, -0.2) is 4.79 Å². The molecule has 0 radical (unpaired) electrons. The summed E-state index contributed by atoms with van der Waals surface area (Å²) >= 11 is 0. The minimum atomic E-state index is -1.36. The fraction of sp³-hybridized carbons (Fsp3) is 0.318. The van der Waals surface area contributed by atoms with Crippen molar-refractivity contribution in [2.45, 2.75) is 34.6 Å². The zero-order valence-electron chi connectivity index (χ0n) is 16.9. The van der Waals surface area contributed by atoms with Gasteiger partial charge in [0.15, 0.2) is 0 Å². The number of para-hydroxylation sites is 1. The van der Waals surface area contributed by atoms with Gasteiger partial charge in [0.2, 0.25) is 11.8 Å². The maximum Gasteiger partial charge on any atom is 0.340 e. The molecule has 2 amide bonds. The molecule has 2 aromatic rings. The van der Waals surface area contributed by atoms with Crippen LogP contribution in [0.3, 0.4) is 0 Å². The predicted molar refractivity (Wildman–Crippen MR) is 109 cm³/mol. The fourth-order valence-electron chi connectivity index (χ4n) is 2.47. The highest BCUT2D eigenvalue weighted by molar-refractivity contribution is 6.15. The molecule has 2 rings (SSSR count). The highest BCUT2D eigenvalue weighted by Gasteiger charge is 2.36. The van der Waals surface area contributed by atoms with Crippen molar-refractivity contribution in [1.82, 2.24) is 0 Å². The van der Waals surface area contributed by atoms with Gasteiger partial charge in [-0.2, -0.15) is 0 Å². The lowest BCUT2D eigenvalue weighted by Gasteiger charge is -2.23. The van der Waals surface area contributed by atoms with Crippen LogP contribution in [0.1, 0.15) is 42.3 Å². The highest BCUT2D eigenvalue weighted by atomic mass is 16.5. The molecule has 148 valence electrons. The Morgan fingerprint density at radius 1 is 0.929 bits per heavy atom. The van der Waals surface area contributed by atoms with E-state index in [0.29, 0.717) is 11.4 Å². The maximum absolute atomic E-state index is 12.8. The minimum Gasteiger partial charge on any atom is -0.462 e. The smallest absolute Gasteiger partial charge is 0.340 e. The SMILES string of the molecule is CCOC(=O)c1ccccc1NC(=O)C(C)(C)C(=O)Nc1ccc(C)c(C)c1. The Balaban J connectivity index is 2.17. The monoisotopic (exact) mass is 382 g/mol. The third kappa shape index (κ3) is 4.76. The molecule has 0 aliphatic heterocycles. The highest BCUT2D eigenvalue weighted by Crippen LogP contribution is 2.24. The van der Waals surface area contributed by atoms with Crippen molar-refractivity contribution in [2.75, 3.05) is 17.2 Å². The molecule has 2 aromatic carbocycles. The molecule has 6 nitrogen and oxygen atoms in total. The molecule has 0 atom stereocenters. The quantitative estimate of drug-likeness (QED) is 0.582. The van der Waals surface area contributed by atoms with E-state index in [1.165, 1.54) is 13.8 Å². The summed E-state index contributed by atoms with van der Waals surface area (Å²) < 4.78 is 5.01. The molecule has 6 heteroatoms. The van der Waals surface area contributed by atoms with E-state index >= 15 is 0 Å². The van der Waals surface area contributed by atoms with E-state index < -0.39 is 23.2 Å². The second kappa shape index (κ2) is 8.69. The van der Waals surface area contributed by atoms with Crippen molar-refractivity contribution in [2.24, 2.45) is 5.41 Å². The van der Waals surface area contributed by atoms with E-state index in [9.17, 15) is 14.4 Å². The molecule has 0 aliphatic rings. The van der Waals surface area contributed by atoms with E-state index in [4.69, 9.17) is 4.74 Å². The average molecular weight is 382 g/mol. The molecule has 0 aliphatic carbocycles. The molecule has 0 spiro atoms. The number of esters is 1. The van der Waals surface area contributed by atoms with E-state index in [1.807, 2.05) is 26.0 Å². The van der Waals surface area contributed by atoms with Gasteiger partial charge in [0.1, 0.15) is 5.41 Å². The van der Waals surface area contributed by atoms with Crippen LogP contribution in [0.5, 0.6) is 0 Å². The number of ether oxygens (including phenoxy) is 1. The average Bonchev–Trinajstić information content (AvgIpc) is 2.65. The van der Waals surface area contributed by atoms with Crippen LogP contribution in [0.2, 0.25) is 0 Å². The predicted octanol–water partition coefficient (Wildman–Crippen LogP) is 4.08. The standard InChI is InChI=1S/C22H26N2O4/c1-6-28-19(25)17-9-7-8-10-18(17)24-21(27)22(4,5)20(26)23-16-12-11-14(2)15(3)13-16/h7-13H,6H2,1-5H3,(H,23,26)(H,24,27). The molecule has 28 heavy (non-hydrogen) atoms. The Labute approximate surface area is 165 Å². The van der Waals surface area contributed by atoms with Crippen LogP contribution in [0.4, 0.5) is 11.4 Å². The number of rotatable bonds is 6. The van der Waals surface area contributed by atoms with E-state index in [0.717, 1.165) is 11.1 Å². The first-order valence-electron chi connectivity index (χ1n) is 9.13. The number of anilines is 2. The van der Waals surface area contributed by atoms with Crippen molar-refractivity contribution in [3.63, 3.8) is 0 Å². The Morgan fingerprint density at radius 3 is 2.21 bits per heavy atom. The number of aryl methyl sites for hydroxylation is 2. The summed E-state index contributed by atoms with van der Waals surface area (Å²) in [7, 11) is 0. The van der Waals surface area contributed by atoms with Gasteiger partial charge < -0.3 is 15.4 Å². The molecule has 0 saturated carbocycles. The Hall–Kier alpha value is -3.15. The van der Waals surface area contributed by atoms with Crippen LogP contribution >= 0.6 is 0 Å². The van der Waals surface area contributed by atoms with E-state index in [-0.39, 0.29) is 12.2 Å². The minimum absolute atomic E-state index is 0.227. The molecular weight excluding hydrogens is 356 g/mol. The van der Waals surface area contributed by atoms with Crippen molar-refractivity contribution in [1.29, 1.82) is 0 Å². The van der Waals surface area contributed by atoms with Crippen molar-refractivity contribution < 1.29 is 19.1 Å². The van der Waals surface area contributed by atoms with Gasteiger partial charge in [-0.1, -0.05) is 18.2 Å². The molecule has 0 fully saturated rings. The second-order valence-electron chi connectivity index (χ2n) is 7.10. The van der Waals surface area contributed by atoms with Gasteiger partial charge in [0.25, 0.3) is 0 Å². The molecule has 0 bridgehead atoms. The number of hydrogen-bond donors (Lipinski definition) is 2. The summed E-state index contributed by atoms with van der Waals surface area (Å²) in [5.41, 5.74) is 1.97. The molecular formula is C22H26N2O4. The van der Waals surface area contributed by atoms with Gasteiger partial charge in [0.05, 0.1) is 17.9 Å². The Morgan fingerprint density at radius 2 is 1.57 bits per heavy atom. The summed E-state index contributed by atoms with van der Waals surface area (Å²) in [6.45, 7) is 8.94. The van der Waals surface area contributed by atoms with Crippen LogP contribution in [0.25, 0.3) is 0 Å². The zero-order valence-corrected chi connectivity index (χ0v) is 16.9. The third-order valence-electron chi connectivity index (χ3n) is 4.57. The number of carbonyl (C=O) groups is 3. The second-order valence-corrected chi connectivity index (χ2v) is 7.10. The van der Waals surface area contributed by atoms with E-state index in [1.54, 1.807) is 37.3 Å².